The molecule has 1 aliphatic rings. The highest BCUT2D eigenvalue weighted by atomic mass is 19.4. The zero-order valence-corrected chi connectivity index (χ0v) is 16.9. The predicted octanol–water partition coefficient (Wildman–Crippen LogP) is 4.31. The molecule has 0 bridgehead atoms. The summed E-state index contributed by atoms with van der Waals surface area (Å²) in [7, 11) is 0. The largest absolute Gasteiger partial charge is 0.491 e. The van der Waals surface area contributed by atoms with E-state index in [1.54, 1.807) is 0 Å². The molecule has 0 spiro atoms. The molecule has 0 radical (unpaired) electrons. The third-order valence-corrected chi connectivity index (χ3v) is 5.27. The third kappa shape index (κ3) is 4.56. The quantitative estimate of drug-likeness (QED) is 0.617. The minimum Gasteiger partial charge on any atom is -0.491 e. The lowest BCUT2D eigenvalue weighted by Crippen LogP contribution is -2.33. The van der Waals surface area contributed by atoms with Gasteiger partial charge in [0.15, 0.2) is 5.69 Å². The monoisotopic (exact) mass is 419 g/mol. The average Bonchev–Trinajstić information content (AvgIpc) is 3.17. The number of hydrogen-bond donors (Lipinski definition) is 0. The molecule has 1 aliphatic heterocycles. The minimum atomic E-state index is -4.50. The van der Waals surface area contributed by atoms with Gasteiger partial charge in [-0.15, -0.1) is 0 Å². The van der Waals surface area contributed by atoms with Crippen LogP contribution in [0.4, 0.5) is 13.2 Å². The van der Waals surface area contributed by atoms with Crippen LogP contribution in [-0.4, -0.2) is 43.7 Å². The SMILES string of the molecule is CC(C)Oc1ccc(CN2CCC(c3cc(C(F)(F)F)n4ncnc4n3)CC2)cc1. The molecule has 0 N–H and O–H groups in total. The standard InChI is InChI=1S/C21H24F3N5O/c1-14(2)30-17-5-3-15(4-6-17)12-28-9-7-16(8-10-28)18-11-19(21(22,23)24)29-20(27-18)25-13-26-29/h3-6,11,13-14,16H,7-10,12H2,1-2H3. The second-order valence-electron chi connectivity index (χ2n) is 7.90. The van der Waals surface area contributed by atoms with Gasteiger partial charge in [-0.2, -0.15) is 27.8 Å². The number of rotatable bonds is 5. The number of aromatic nitrogens is 4. The fourth-order valence-electron chi connectivity index (χ4n) is 3.83. The Morgan fingerprint density at radius 3 is 2.47 bits per heavy atom. The second-order valence-corrected chi connectivity index (χ2v) is 7.90. The molecule has 4 rings (SSSR count). The van der Waals surface area contributed by atoms with Gasteiger partial charge in [0.1, 0.15) is 12.1 Å². The number of hydrogen-bond acceptors (Lipinski definition) is 5. The lowest BCUT2D eigenvalue weighted by molar-refractivity contribution is -0.142. The van der Waals surface area contributed by atoms with E-state index in [2.05, 4.69) is 32.1 Å². The van der Waals surface area contributed by atoms with Crippen molar-refractivity contribution in [1.82, 2.24) is 24.5 Å². The van der Waals surface area contributed by atoms with E-state index in [0.29, 0.717) is 5.69 Å². The van der Waals surface area contributed by atoms with Gasteiger partial charge in [0.05, 0.1) is 6.10 Å². The summed E-state index contributed by atoms with van der Waals surface area (Å²) in [5, 5.41) is 3.66. The lowest BCUT2D eigenvalue weighted by atomic mass is 9.92. The van der Waals surface area contributed by atoms with Gasteiger partial charge in [-0.25, -0.2) is 4.98 Å². The molecule has 6 nitrogen and oxygen atoms in total. The van der Waals surface area contributed by atoms with Gasteiger partial charge in [0.25, 0.3) is 5.78 Å². The van der Waals surface area contributed by atoms with Gasteiger partial charge < -0.3 is 4.74 Å². The van der Waals surface area contributed by atoms with Crippen LogP contribution in [0.25, 0.3) is 5.78 Å². The maximum absolute atomic E-state index is 13.4. The van der Waals surface area contributed by atoms with E-state index < -0.39 is 11.9 Å². The maximum atomic E-state index is 13.4. The van der Waals surface area contributed by atoms with Crippen molar-refractivity contribution in [2.24, 2.45) is 0 Å². The first-order valence-corrected chi connectivity index (χ1v) is 10.1. The molecule has 2 aromatic heterocycles. The Morgan fingerprint density at radius 2 is 1.83 bits per heavy atom. The van der Waals surface area contributed by atoms with Gasteiger partial charge in [-0.1, -0.05) is 12.1 Å². The number of alkyl halides is 3. The predicted molar refractivity (Wildman–Crippen MR) is 105 cm³/mol. The van der Waals surface area contributed by atoms with Crippen molar-refractivity contribution in [3.8, 4) is 5.75 Å². The van der Waals surface area contributed by atoms with Crippen molar-refractivity contribution in [3.63, 3.8) is 0 Å². The molecule has 0 aliphatic carbocycles. The summed E-state index contributed by atoms with van der Waals surface area (Å²) >= 11 is 0. The van der Waals surface area contributed by atoms with Crippen molar-refractivity contribution < 1.29 is 17.9 Å². The molecule has 0 atom stereocenters. The zero-order chi connectivity index (χ0) is 21.3. The highest BCUT2D eigenvalue weighted by molar-refractivity contribution is 5.33. The van der Waals surface area contributed by atoms with E-state index in [1.807, 2.05) is 26.0 Å². The van der Waals surface area contributed by atoms with Crippen LogP contribution in [0.5, 0.6) is 5.75 Å². The molecule has 0 amide bonds. The summed E-state index contributed by atoms with van der Waals surface area (Å²) < 4.78 is 46.7. The van der Waals surface area contributed by atoms with Crippen LogP contribution in [0.3, 0.4) is 0 Å². The number of piperidine rings is 1. The summed E-state index contributed by atoms with van der Waals surface area (Å²) in [6.45, 7) is 6.39. The Kier molecular flexibility index (Phi) is 5.64. The van der Waals surface area contributed by atoms with Crippen LogP contribution in [0.2, 0.25) is 0 Å². The number of halogens is 3. The molecule has 3 aromatic rings. The Morgan fingerprint density at radius 1 is 1.13 bits per heavy atom. The third-order valence-electron chi connectivity index (χ3n) is 5.27. The van der Waals surface area contributed by atoms with Crippen LogP contribution in [-0.2, 0) is 12.7 Å². The molecule has 1 fully saturated rings. The number of ether oxygens (including phenoxy) is 1. The van der Waals surface area contributed by atoms with E-state index in [9.17, 15) is 13.2 Å². The first-order valence-electron chi connectivity index (χ1n) is 10.1. The van der Waals surface area contributed by atoms with E-state index in [1.165, 1.54) is 5.56 Å². The Labute approximate surface area is 172 Å². The highest BCUT2D eigenvalue weighted by Gasteiger charge is 2.36. The topological polar surface area (TPSA) is 55.6 Å². The van der Waals surface area contributed by atoms with Gasteiger partial charge in [0.2, 0.25) is 0 Å². The molecular weight excluding hydrogens is 395 g/mol. The fraction of sp³-hybridized carbons (Fsp3) is 0.476. The van der Waals surface area contributed by atoms with Crippen molar-refractivity contribution in [1.29, 1.82) is 0 Å². The van der Waals surface area contributed by atoms with Crippen LogP contribution in [0, 0.1) is 0 Å². The van der Waals surface area contributed by atoms with Crippen LogP contribution in [0.15, 0.2) is 36.7 Å². The van der Waals surface area contributed by atoms with Gasteiger partial charge >= 0.3 is 6.18 Å². The Bertz CT molecular complexity index is 992. The normalized spacial score (nSPS) is 16.5. The molecule has 3 heterocycles. The summed E-state index contributed by atoms with van der Waals surface area (Å²) in [4.78, 5) is 10.5. The number of fused-ring (bicyclic) bond motifs is 1. The maximum Gasteiger partial charge on any atom is 0.433 e. The highest BCUT2D eigenvalue weighted by Crippen LogP contribution is 2.33. The number of nitrogens with zero attached hydrogens (tertiary/aromatic N) is 5. The van der Waals surface area contributed by atoms with Gasteiger partial charge in [-0.05, 0) is 63.5 Å². The van der Waals surface area contributed by atoms with Crippen LogP contribution in [0.1, 0.15) is 49.6 Å². The lowest BCUT2D eigenvalue weighted by Gasteiger charge is -2.32. The summed E-state index contributed by atoms with van der Waals surface area (Å²) in [5.74, 6) is 0.819. The van der Waals surface area contributed by atoms with Gasteiger partial charge in [-0.3, -0.25) is 4.90 Å². The van der Waals surface area contributed by atoms with Crippen molar-refractivity contribution in [2.75, 3.05) is 13.1 Å². The van der Waals surface area contributed by atoms with E-state index in [4.69, 9.17) is 4.74 Å². The first kappa shape index (κ1) is 20.6. The van der Waals surface area contributed by atoms with Crippen LogP contribution < -0.4 is 4.74 Å². The molecule has 160 valence electrons. The molecular formula is C21H24F3N5O. The van der Waals surface area contributed by atoms with E-state index >= 15 is 0 Å². The van der Waals surface area contributed by atoms with Crippen LogP contribution >= 0.6 is 0 Å². The molecule has 1 saturated heterocycles. The summed E-state index contributed by atoms with van der Waals surface area (Å²) in [5.41, 5.74) is 0.802. The zero-order valence-electron chi connectivity index (χ0n) is 16.9. The fourth-order valence-corrected chi connectivity index (χ4v) is 3.83. The van der Waals surface area contributed by atoms with Crippen molar-refractivity contribution in [2.45, 2.75) is 51.4 Å². The average molecular weight is 419 g/mol. The van der Waals surface area contributed by atoms with Crippen molar-refractivity contribution >= 4 is 5.78 Å². The summed E-state index contributed by atoms with van der Waals surface area (Å²) in [6, 6.07) is 9.17. The number of likely N-dealkylation sites (tertiary alicyclic amines) is 1. The molecule has 30 heavy (non-hydrogen) atoms. The molecule has 0 saturated carbocycles. The van der Waals surface area contributed by atoms with E-state index in [-0.39, 0.29) is 17.8 Å². The smallest absolute Gasteiger partial charge is 0.433 e. The first-order chi connectivity index (χ1) is 14.3. The van der Waals surface area contributed by atoms with E-state index in [0.717, 1.165) is 55.1 Å². The summed E-state index contributed by atoms with van der Waals surface area (Å²) in [6.07, 6.45) is -1.76. The Balaban J connectivity index is 1.41. The second kappa shape index (κ2) is 8.22. The molecule has 0 unspecified atom stereocenters. The molecule has 1 aromatic carbocycles. The van der Waals surface area contributed by atoms with Gasteiger partial charge in [0, 0.05) is 18.2 Å². The minimum absolute atomic E-state index is 0.00837. The number of benzene rings is 1. The van der Waals surface area contributed by atoms with Crippen molar-refractivity contribution in [3.05, 3.63) is 53.6 Å². The molecule has 9 heteroatoms. The Hall–Kier alpha value is -2.68.